The molecule has 2 aromatic heterocycles. The van der Waals surface area contributed by atoms with Crippen molar-refractivity contribution in [2.75, 3.05) is 18.4 Å². The lowest BCUT2D eigenvalue weighted by molar-refractivity contribution is -0.138. The Morgan fingerprint density at radius 3 is 2.77 bits per heavy atom. The number of amides is 3. The van der Waals surface area contributed by atoms with E-state index in [1.54, 1.807) is 23.5 Å². The van der Waals surface area contributed by atoms with E-state index in [0.29, 0.717) is 29.9 Å². The largest absolute Gasteiger partial charge is 0.357 e. The minimum atomic E-state index is -0.242. The average Bonchev–Trinajstić information content (AvgIpc) is 3.55. The second-order valence-corrected chi connectivity index (χ2v) is 8.24. The van der Waals surface area contributed by atoms with E-state index >= 15 is 0 Å². The molecule has 3 amide bonds. The highest BCUT2D eigenvalue weighted by atomic mass is 16.2. The van der Waals surface area contributed by atoms with Crippen molar-refractivity contribution in [1.82, 2.24) is 19.8 Å². The van der Waals surface area contributed by atoms with Gasteiger partial charge in [0.15, 0.2) is 0 Å². The molecule has 0 bridgehead atoms. The summed E-state index contributed by atoms with van der Waals surface area (Å²) in [5.41, 5.74) is 4.22. The van der Waals surface area contributed by atoms with Crippen LogP contribution in [0.15, 0.2) is 48.1 Å². The molecule has 0 saturated heterocycles. The zero-order valence-electron chi connectivity index (χ0n) is 17.3. The van der Waals surface area contributed by atoms with Crippen molar-refractivity contribution in [2.45, 2.75) is 38.6 Å². The van der Waals surface area contributed by atoms with Crippen LogP contribution in [0.5, 0.6) is 0 Å². The quantitative estimate of drug-likeness (QED) is 0.750. The Morgan fingerprint density at radius 1 is 1.23 bits per heavy atom. The Balaban J connectivity index is 1.29. The zero-order chi connectivity index (χ0) is 21.5. The first-order chi connectivity index (χ1) is 15.0. The van der Waals surface area contributed by atoms with E-state index in [9.17, 15) is 14.4 Å². The zero-order valence-corrected chi connectivity index (χ0v) is 17.3. The fourth-order valence-electron chi connectivity index (χ4n) is 4.34. The first kappa shape index (κ1) is 19.4. The average molecular weight is 417 g/mol. The van der Waals surface area contributed by atoms with Gasteiger partial charge in [-0.05, 0) is 56.4 Å². The first-order valence-electron chi connectivity index (χ1n) is 10.6. The summed E-state index contributed by atoms with van der Waals surface area (Å²) in [5, 5.41) is 2.87. The monoisotopic (exact) mass is 417 g/mol. The molecule has 8 nitrogen and oxygen atoms in total. The summed E-state index contributed by atoms with van der Waals surface area (Å²) in [6.45, 7) is 2.54. The highest BCUT2D eigenvalue weighted by molar-refractivity contribution is 6.19. The van der Waals surface area contributed by atoms with Crippen LogP contribution in [0.3, 0.4) is 0 Å². The van der Waals surface area contributed by atoms with E-state index in [4.69, 9.17) is 0 Å². The minimum absolute atomic E-state index is 0.0275. The number of nitrogens with zero attached hydrogens (tertiary/aromatic N) is 4. The Morgan fingerprint density at radius 2 is 2.06 bits per heavy atom. The number of imide groups is 1. The van der Waals surface area contributed by atoms with Gasteiger partial charge in [-0.3, -0.25) is 29.3 Å². The van der Waals surface area contributed by atoms with Gasteiger partial charge in [0, 0.05) is 36.1 Å². The number of anilines is 1. The van der Waals surface area contributed by atoms with E-state index in [1.807, 2.05) is 25.1 Å². The summed E-state index contributed by atoms with van der Waals surface area (Å²) in [6, 6.07) is 5.70. The first-order valence-corrected chi connectivity index (χ1v) is 10.6. The van der Waals surface area contributed by atoms with Crippen molar-refractivity contribution in [3.63, 3.8) is 0 Å². The lowest BCUT2D eigenvalue weighted by Crippen LogP contribution is -2.40. The van der Waals surface area contributed by atoms with E-state index in [0.717, 1.165) is 36.1 Å². The lowest BCUT2D eigenvalue weighted by atomic mass is 10.0. The Labute approximate surface area is 180 Å². The lowest BCUT2D eigenvalue weighted by Gasteiger charge is -2.28. The maximum absolute atomic E-state index is 12.9. The van der Waals surface area contributed by atoms with Gasteiger partial charge in [0.25, 0.3) is 11.8 Å². The topological polar surface area (TPSA) is 95.5 Å². The van der Waals surface area contributed by atoms with Crippen LogP contribution in [0, 0.1) is 6.92 Å². The number of hydrogen-bond acceptors (Lipinski definition) is 6. The molecule has 8 heteroatoms. The molecular weight excluding hydrogens is 394 g/mol. The van der Waals surface area contributed by atoms with Gasteiger partial charge in [-0.2, -0.15) is 0 Å². The molecule has 158 valence electrons. The fourth-order valence-corrected chi connectivity index (χ4v) is 4.34. The van der Waals surface area contributed by atoms with Gasteiger partial charge in [0.2, 0.25) is 5.91 Å². The van der Waals surface area contributed by atoms with Gasteiger partial charge in [0.05, 0.1) is 24.1 Å². The van der Waals surface area contributed by atoms with Gasteiger partial charge in [-0.15, -0.1) is 0 Å². The molecule has 3 aliphatic rings. The molecule has 0 radical (unpaired) electrons. The van der Waals surface area contributed by atoms with Crippen molar-refractivity contribution < 1.29 is 14.4 Å². The third-order valence-corrected chi connectivity index (χ3v) is 5.90. The molecule has 5 rings (SSSR count). The molecule has 0 spiro atoms. The number of carbonyl (C=O) groups is 3. The molecule has 0 unspecified atom stereocenters. The van der Waals surface area contributed by atoms with Crippen LogP contribution in [0.25, 0.3) is 11.3 Å². The number of hydrogen-bond donors (Lipinski definition) is 1. The molecule has 2 aliphatic heterocycles. The number of carbonyl (C=O) groups excluding carboxylic acids is 3. The third-order valence-electron chi connectivity index (χ3n) is 5.90. The molecule has 1 aliphatic carbocycles. The van der Waals surface area contributed by atoms with E-state index in [1.165, 1.54) is 4.90 Å². The third kappa shape index (κ3) is 3.58. The summed E-state index contributed by atoms with van der Waals surface area (Å²) in [5.74, 6) is -0.652. The molecule has 1 saturated carbocycles. The summed E-state index contributed by atoms with van der Waals surface area (Å²) in [6.07, 6.45) is 8.18. The number of aromatic nitrogens is 2. The summed E-state index contributed by atoms with van der Waals surface area (Å²) >= 11 is 0. The number of aryl methyl sites for hydroxylation is 1. The van der Waals surface area contributed by atoms with E-state index in [-0.39, 0.29) is 30.3 Å². The van der Waals surface area contributed by atoms with Crippen LogP contribution < -0.4 is 5.32 Å². The predicted octanol–water partition coefficient (Wildman–Crippen LogP) is 2.27. The predicted molar refractivity (Wildman–Crippen MR) is 114 cm³/mol. The van der Waals surface area contributed by atoms with Crippen LogP contribution >= 0.6 is 0 Å². The molecule has 1 fully saturated rings. The van der Waals surface area contributed by atoms with Crippen LogP contribution in [-0.2, 0) is 14.4 Å². The molecule has 31 heavy (non-hydrogen) atoms. The SMILES string of the molecule is Cc1cc(NC(=O)CN2CCCC3=C2C(=O)N(C2CC2)C3=O)cnc1-c1cccnc1. The second kappa shape index (κ2) is 7.61. The maximum Gasteiger partial charge on any atom is 0.277 e. The minimum Gasteiger partial charge on any atom is -0.357 e. The number of rotatable bonds is 5. The van der Waals surface area contributed by atoms with Crippen LogP contribution in [0.2, 0.25) is 0 Å². The van der Waals surface area contributed by atoms with Crippen molar-refractivity contribution >= 4 is 23.4 Å². The summed E-state index contributed by atoms with van der Waals surface area (Å²) in [4.78, 5) is 50.0. The van der Waals surface area contributed by atoms with Crippen molar-refractivity contribution in [2.24, 2.45) is 0 Å². The van der Waals surface area contributed by atoms with Gasteiger partial charge >= 0.3 is 0 Å². The molecule has 0 aromatic carbocycles. The molecular formula is C23H23N5O3. The second-order valence-electron chi connectivity index (χ2n) is 8.24. The van der Waals surface area contributed by atoms with Crippen LogP contribution in [0.4, 0.5) is 5.69 Å². The Kier molecular flexibility index (Phi) is 4.77. The van der Waals surface area contributed by atoms with Crippen LogP contribution in [0.1, 0.15) is 31.2 Å². The standard InChI is InChI=1S/C23H23N5O3/c1-14-10-16(12-25-20(14)15-4-2-8-24-11-15)26-19(29)13-27-9-3-5-18-21(27)23(31)28(22(18)30)17-6-7-17/h2,4,8,10-12,17H,3,5-7,9,13H2,1H3,(H,26,29). The molecule has 1 N–H and O–H groups in total. The van der Waals surface area contributed by atoms with Gasteiger partial charge in [-0.25, -0.2) is 0 Å². The van der Waals surface area contributed by atoms with Crippen molar-refractivity contribution in [3.8, 4) is 11.3 Å². The molecule has 4 heterocycles. The number of pyridine rings is 2. The fraction of sp³-hybridized carbons (Fsp3) is 0.348. The van der Waals surface area contributed by atoms with Crippen molar-refractivity contribution in [1.29, 1.82) is 0 Å². The highest BCUT2D eigenvalue weighted by Crippen LogP contribution is 2.38. The highest BCUT2D eigenvalue weighted by Gasteiger charge is 2.48. The van der Waals surface area contributed by atoms with Gasteiger partial charge in [0.1, 0.15) is 5.70 Å². The molecule has 2 aromatic rings. The van der Waals surface area contributed by atoms with Gasteiger partial charge < -0.3 is 10.2 Å². The van der Waals surface area contributed by atoms with Crippen LogP contribution in [-0.4, -0.2) is 56.6 Å². The Hall–Kier alpha value is -3.55. The smallest absolute Gasteiger partial charge is 0.277 e. The number of nitrogens with one attached hydrogen (secondary N) is 1. The van der Waals surface area contributed by atoms with E-state index in [2.05, 4.69) is 15.3 Å². The molecule has 0 atom stereocenters. The summed E-state index contributed by atoms with van der Waals surface area (Å²) in [7, 11) is 0. The maximum atomic E-state index is 12.9. The van der Waals surface area contributed by atoms with Gasteiger partial charge in [-0.1, -0.05) is 0 Å². The normalized spacial score (nSPS) is 18.5. The Bertz CT molecular complexity index is 1110. The van der Waals surface area contributed by atoms with Crippen molar-refractivity contribution in [3.05, 3.63) is 53.6 Å². The van der Waals surface area contributed by atoms with E-state index < -0.39 is 0 Å². The summed E-state index contributed by atoms with van der Waals surface area (Å²) < 4.78 is 0.